The predicted octanol–water partition coefficient (Wildman–Crippen LogP) is 1.94. The number of hydrogen-bond acceptors (Lipinski definition) is 3. The van der Waals surface area contributed by atoms with E-state index in [2.05, 4.69) is 0 Å². The van der Waals surface area contributed by atoms with Crippen LogP contribution in [-0.2, 0) is 14.8 Å². The molecule has 1 heterocycles. The average Bonchev–Trinajstić information content (AvgIpc) is 2.36. The minimum Gasteiger partial charge on any atom is -0.481 e. The zero-order valence-electron chi connectivity index (χ0n) is 11.8. The van der Waals surface area contributed by atoms with Gasteiger partial charge in [-0.1, -0.05) is 20.3 Å². The second-order valence-electron chi connectivity index (χ2n) is 5.51. The third-order valence-corrected chi connectivity index (χ3v) is 5.79. The van der Waals surface area contributed by atoms with Crippen LogP contribution in [0.5, 0.6) is 0 Å². The van der Waals surface area contributed by atoms with Crippen molar-refractivity contribution >= 4 is 16.0 Å². The van der Waals surface area contributed by atoms with Gasteiger partial charge in [-0.05, 0) is 31.1 Å². The molecule has 0 aromatic heterocycles. The number of aliphatic carboxylic acids is 1. The van der Waals surface area contributed by atoms with Gasteiger partial charge in [0.2, 0.25) is 10.0 Å². The van der Waals surface area contributed by atoms with E-state index >= 15 is 0 Å². The Morgan fingerprint density at radius 1 is 1.47 bits per heavy atom. The molecule has 1 aliphatic heterocycles. The lowest BCUT2D eigenvalue weighted by atomic mass is 9.85. The fourth-order valence-electron chi connectivity index (χ4n) is 2.59. The normalized spacial score (nSPS) is 23.2. The summed E-state index contributed by atoms with van der Waals surface area (Å²) in [5.74, 6) is -0.398. The van der Waals surface area contributed by atoms with E-state index < -0.39 is 16.0 Å². The molecule has 0 amide bonds. The minimum absolute atomic E-state index is 0.0293. The summed E-state index contributed by atoms with van der Waals surface area (Å²) in [7, 11) is -3.15. The molecule has 1 rings (SSSR count). The summed E-state index contributed by atoms with van der Waals surface area (Å²) in [5.41, 5.74) is 0. The first-order valence-corrected chi connectivity index (χ1v) is 8.67. The topological polar surface area (TPSA) is 74.7 Å². The van der Waals surface area contributed by atoms with Gasteiger partial charge in [0.1, 0.15) is 0 Å². The van der Waals surface area contributed by atoms with Crippen molar-refractivity contribution in [1.29, 1.82) is 0 Å². The van der Waals surface area contributed by atoms with Crippen molar-refractivity contribution in [2.45, 2.75) is 46.0 Å². The van der Waals surface area contributed by atoms with Crippen LogP contribution in [0.3, 0.4) is 0 Å². The van der Waals surface area contributed by atoms with Gasteiger partial charge in [-0.15, -0.1) is 0 Å². The molecule has 0 saturated carbocycles. The summed E-state index contributed by atoms with van der Waals surface area (Å²) in [6.45, 7) is 4.95. The molecule has 1 N–H and O–H groups in total. The molecular weight excluding hydrogens is 266 g/mol. The summed E-state index contributed by atoms with van der Waals surface area (Å²) < 4.78 is 25.9. The molecular formula is C13H25NO4S. The largest absolute Gasteiger partial charge is 0.481 e. The number of carboxylic acids is 1. The van der Waals surface area contributed by atoms with E-state index in [1.54, 1.807) is 4.31 Å². The molecule has 0 bridgehead atoms. The van der Waals surface area contributed by atoms with Gasteiger partial charge in [-0.25, -0.2) is 12.7 Å². The highest BCUT2D eigenvalue weighted by Crippen LogP contribution is 2.27. The van der Waals surface area contributed by atoms with Gasteiger partial charge in [-0.2, -0.15) is 0 Å². The number of sulfonamides is 1. The van der Waals surface area contributed by atoms with Crippen LogP contribution < -0.4 is 0 Å². The van der Waals surface area contributed by atoms with Crippen molar-refractivity contribution in [2.24, 2.45) is 11.8 Å². The fourth-order valence-corrected chi connectivity index (χ4v) is 4.33. The quantitative estimate of drug-likeness (QED) is 0.778. The first-order chi connectivity index (χ1) is 8.86. The van der Waals surface area contributed by atoms with Crippen molar-refractivity contribution in [2.75, 3.05) is 18.8 Å². The first kappa shape index (κ1) is 16.4. The monoisotopic (exact) mass is 291 g/mol. The maximum atomic E-state index is 12.1. The Bertz CT molecular complexity index is 393. The van der Waals surface area contributed by atoms with Crippen molar-refractivity contribution < 1.29 is 18.3 Å². The van der Waals surface area contributed by atoms with E-state index in [0.29, 0.717) is 19.5 Å². The molecule has 1 fully saturated rings. The Balaban J connectivity index is 2.61. The van der Waals surface area contributed by atoms with E-state index in [1.807, 2.05) is 13.8 Å². The van der Waals surface area contributed by atoms with Gasteiger partial charge in [-0.3, -0.25) is 4.79 Å². The Kier molecular flexibility index (Phi) is 6.26. The molecule has 1 saturated heterocycles. The van der Waals surface area contributed by atoms with Gasteiger partial charge in [0.05, 0.1) is 5.75 Å². The molecule has 19 heavy (non-hydrogen) atoms. The highest BCUT2D eigenvalue weighted by molar-refractivity contribution is 7.89. The number of hydrogen-bond donors (Lipinski definition) is 1. The second kappa shape index (κ2) is 7.24. The van der Waals surface area contributed by atoms with Crippen LogP contribution in [0, 0.1) is 11.8 Å². The number of nitrogens with zero attached hydrogens (tertiary/aromatic N) is 1. The third-order valence-electron chi connectivity index (χ3n) is 3.87. The molecule has 112 valence electrons. The molecule has 6 heteroatoms. The van der Waals surface area contributed by atoms with Gasteiger partial charge >= 0.3 is 5.97 Å². The van der Waals surface area contributed by atoms with E-state index in [0.717, 1.165) is 19.3 Å². The summed E-state index contributed by atoms with van der Waals surface area (Å²) in [6, 6.07) is 0. The molecule has 0 spiro atoms. The molecule has 2 atom stereocenters. The van der Waals surface area contributed by atoms with Crippen LogP contribution in [0.1, 0.15) is 46.0 Å². The first-order valence-electron chi connectivity index (χ1n) is 7.06. The summed E-state index contributed by atoms with van der Waals surface area (Å²) in [5, 5.41) is 8.82. The van der Waals surface area contributed by atoms with Gasteiger partial charge < -0.3 is 5.11 Å². The smallest absolute Gasteiger partial charge is 0.303 e. The predicted molar refractivity (Wildman–Crippen MR) is 74.4 cm³/mol. The van der Waals surface area contributed by atoms with E-state index in [9.17, 15) is 13.2 Å². The number of rotatable bonds is 7. The Hall–Kier alpha value is -0.620. The number of carboxylic acid groups (broad SMARTS) is 1. The SMILES string of the molecule is CCCCS(=O)(=O)N1CCCC(C(C)CC(=O)O)C1. The third kappa shape index (κ3) is 5.10. The second-order valence-corrected chi connectivity index (χ2v) is 7.59. The Labute approximate surface area is 116 Å². The Morgan fingerprint density at radius 2 is 2.16 bits per heavy atom. The van der Waals surface area contributed by atoms with Crippen LogP contribution in [0.25, 0.3) is 0 Å². The van der Waals surface area contributed by atoms with Crippen LogP contribution in [-0.4, -0.2) is 42.6 Å². The zero-order valence-corrected chi connectivity index (χ0v) is 12.7. The lowest BCUT2D eigenvalue weighted by molar-refractivity contribution is -0.138. The van der Waals surface area contributed by atoms with Gasteiger partial charge in [0.15, 0.2) is 0 Å². The standard InChI is InChI=1S/C13H25NO4S/c1-3-4-8-19(17,18)14-7-5-6-12(10-14)11(2)9-13(15)16/h11-12H,3-10H2,1-2H3,(H,15,16). The molecule has 2 unspecified atom stereocenters. The lowest BCUT2D eigenvalue weighted by Crippen LogP contribution is -2.42. The van der Waals surface area contributed by atoms with Crippen LogP contribution in [0.15, 0.2) is 0 Å². The highest BCUT2D eigenvalue weighted by Gasteiger charge is 2.31. The van der Waals surface area contributed by atoms with Crippen molar-refractivity contribution in [3.8, 4) is 0 Å². The number of unbranched alkanes of at least 4 members (excludes halogenated alkanes) is 1. The van der Waals surface area contributed by atoms with E-state index in [1.165, 1.54) is 0 Å². The van der Waals surface area contributed by atoms with Gasteiger partial charge in [0, 0.05) is 19.5 Å². The molecule has 0 aromatic rings. The maximum Gasteiger partial charge on any atom is 0.303 e. The Morgan fingerprint density at radius 3 is 2.74 bits per heavy atom. The molecule has 0 aromatic carbocycles. The molecule has 0 radical (unpaired) electrons. The van der Waals surface area contributed by atoms with Crippen molar-refractivity contribution in [1.82, 2.24) is 4.31 Å². The van der Waals surface area contributed by atoms with E-state index in [-0.39, 0.29) is 24.0 Å². The fraction of sp³-hybridized carbons (Fsp3) is 0.923. The molecule has 5 nitrogen and oxygen atoms in total. The summed E-state index contributed by atoms with van der Waals surface area (Å²) in [4.78, 5) is 10.7. The minimum atomic E-state index is -3.15. The van der Waals surface area contributed by atoms with Gasteiger partial charge in [0.25, 0.3) is 0 Å². The van der Waals surface area contributed by atoms with E-state index in [4.69, 9.17) is 5.11 Å². The van der Waals surface area contributed by atoms with Crippen LogP contribution in [0.2, 0.25) is 0 Å². The van der Waals surface area contributed by atoms with Crippen molar-refractivity contribution in [3.05, 3.63) is 0 Å². The lowest BCUT2D eigenvalue weighted by Gasteiger charge is -2.34. The molecule has 0 aliphatic carbocycles. The van der Waals surface area contributed by atoms with Crippen LogP contribution in [0.4, 0.5) is 0 Å². The molecule has 1 aliphatic rings. The summed E-state index contributed by atoms with van der Waals surface area (Å²) in [6.07, 6.45) is 3.43. The number of carbonyl (C=O) groups is 1. The maximum absolute atomic E-state index is 12.1. The average molecular weight is 291 g/mol. The highest BCUT2D eigenvalue weighted by atomic mass is 32.2. The zero-order chi connectivity index (χ0) is 14.5. The summed E-state index contributed by atoms with van der Waals surface area (Å²) >= 11 is 0. The van der Waals surface area contributed by atoms with Crippen LogP contribution >= 0.6 is 0 Å². The van der Waals surface area contributed by atoms with Crippen molar-refractivity contribution in [3.63, 3.8) is 0 Å². The number of piperidine rings is 1.